The highest BCUT2D eigenvalue weighted by Gasteiger charge is 2.21. The van der Waals surface area contributed by atoms with E-state index in [1.54, 1.807) is 0 Å². The largest absolute Gasteiger partial charge is 0.334 e. The molecule has 0 unspecified atom stereocenters. The van der Waals surface area contributed by atoms with E-state index in [0.29, 0.717) is 11.5 Å². The van der Waals surface area contributed by atoms with Gasteiger partial charge < -0.3 is 15.2 Å². The van der Waals surface area contributed by atoms with Gasteiger partial charge in [-0.3, -0.25) is 4.79 Å². The van der Waals surface area contributed by atoms with E-state index in [9.17, 15) is 9.18 Å². The van der Waals surface area contributed by atoms with Gasteiger partial charge in [-0.05, 0) is 37.6 Å². The van der Waals surface area contributed by atoms with Crippen molar-refractivity contribution in [2.75, 3.05) is 11.9 Å². The maximum atomic E-state index is 14.1. The molecule has 0 bridgehead atoms. The summed E-state index contributed by atoms with van der Waals surface area (Å²) in [5, 5.41) is 9.98. The Balaban J connectivity index is 1.85. The van der Waals surface area contributed by atoms with Crippen LogP contribution in [0.25, 0.3) is 11.5 Å². The van der Waals surface area contributed by atoms with E-state index in [4.69, 9.17) is 4.52 Å². The summed E-state index contributed by atoms with van der Waals surface area (Å²) < 4.78 is 19.3. The fourth-order valence-corrected chi connectivity index (χ4v) is 2.70. The van der Waals surface area contributed by atoms with Gasteiger partial charge in [0.15, 0.2) is 5.82 Å². The Morgan fingerprint density at radius 2 is 2.26 bits per heavy atom. The number of carbonyl (C=O) groups is 1. The van der Waals surface area contributed by atoms with Crippen molar-refractivity contribution in [1.82, 2.24) is 15.5 Å². The van der Waals surface area contributed by atoms with Crippen molar-refractivity contribution in [3.05, 3.63) is 29.8 Å². The monoisotopic (exact) mass is 318 g/mol. The van der Waals surface area contributed by atoms with Gasteiger partial charge in [-0.2, -0.15) is 4.98 Å². The molecule has 1 atom stereocenters. The van der Waals surface area contributed by atoms with Gasteiger partial charge in [-0.1, -0.05) is 18.0 Å². The maximum Gasteiger partial charge on any atom is 0.261 e. The molecule has 6 nitrogen and oxygen atoms in total. The maximum absolute atomic E-state index is 14.1. The quantitative estimate of drug-likeness (QED) is 0.909. The Morgan fingerprint density at radius 3 is 3.09 bits per heavy atom. The number of benzene rings is 1. The van der Waals surface area contributed by atoms with Gasteiger partial charge in [0.05, 0.1) is 11.6 Å². The molecule has 0 spiro atoms. The predicted molar refractivity (Wildman–Crippen MR) is 83.2 cm³/mol. The SMILES string of the molecule is CC(=O)Nc1ccc(F)c(-c2nc([C@@H]3CCCCCN3)no2)c1. The van der Waals surface area contributed by atoms with Crippen LogP contribution in [-0.2, 0) is 4.79 Å². The second-order valence-corrected chi connectivity index (χ2v) is 5.69. The van der Waals surface area contributed by atoms with Crippen molar-refractivity contribution >= 4 is 11.6 Å². The molecule has 3 rings (SSSR count). The highest BCUT2D eigenvalue weighted by Crippen LogP contribution is 2.27. The molecule has 0 radical (unpaired) electrons. The smallest absolute Gasteiger partial charge is 0.261 e. The van der Waals surface area contributed by atoms with E-state index in [-0.39, 0.29) is 23.4 Å². The lowest BCUT2D eigenvalue weighted by molar-refractivity contribution is -0.114. The Morgan fingerprint density at radius 1 is 1.39 bits per heavy atom. The molecule has 122 valence electrons. The summed E-state index contributed by atoms with van der Waals surface area (Å²) in [6.45, 7) is 2.31. The molecule has 2 aromatic rings. The predicted octanol–water partition coefficient (Wildman–Crippen LogP) is 3.04. The molecule has 0 aliphatic carbocycles. The number of rotatable bonds is 3. The van der Waals surface area contributed by atoms with Crippen LogP contribution in [0, 0.1) is 5.82 Å². The molecule has 1 aliphatic rings. The number of nitrogens with zero attached hydrogens (tertiary/aromatic N) is 2. The van der Waals surface area contributed by atoms with Crippen molar-refractivity contribution < 1.29 is 13.7 Å². The molecule has 1 aromatic carbocycles. The molecule has 23 heavy (non-hydrogen) atoms. The molecule has 0 saturated carbocycles. The average molecular weight is 318 g/mol. The number of hydrogen-bond donors (Lipinski definition) is 2. The minimum atomic E-state index is -0.469. The van der Waals surface area contributed by atoms with Crippen molar-refractivity contribution in [3.63, 3.8) is 0 Å². The molecule has 1 saturated heterocycles. The van der Waals surface area contributed by atoms with E-state index < -0.39 is 5.82 Å². The summed E-state index contributed by atoms with van der Waals surface area (Å²) in [7, 11) is 0. The summed E-state index contributed by atoms with van der Waals surface area (Å²) in [5.41, 5.74) is 0.671. The first-order valence-electron chi connectivity index (χ1n) is 7.78. The number of halogens is 1. The molecule has 2 N–H and O–H groups in total. The van der Waals surface area contributed by atoms with Crippen LogP contribution in [0.2, 0.25) is 0 Å². The van der Waals surface area contributed by atoms with Gasteiger partial charge >= 0.3 is 0 Å². The summed E-state index contributed by atoms with van der Waals surface area (Å²) in [6.07, 6.45) is 4.36. The van der Waals surface area contributed by atoms with Crippen LogP contribution in [-0.4, -0.2) is 22.6 Å². The fourth-order valence-electron chi connectivity index (χ4n) is 2.70. The Labute approximate surface area is 133 Å². The highest BCUT2D eigenvalue weighted by molar-refractivity contribution is 5.89. The first-order valence-corrected chi connectivity index (χ1v) is 7.78. The molecule has 1 fully saturated rings. The lowest BCUT2D eigenvalue weighted by Gasteiger charge is -2.10. The average Bonchev–Trinajstić information content (AvgIpc) is 2.84. The van der Waals surface area contributed by atoms with Crippen molar-refractivity contribution in [3.8, 4) is 11.5 Å². The number of hydrogen-bond acceptors (Lipinski definition) is 5. The van der Waals surface area contributed by atoms with Gasteiger partial charge in [0.1, 0.15) is 5.82 Å². The number of amides is 1. The second-order valence-electron chi connectivity index (χ2n) is 5.69. The first-order chi connectivity index (χ1) is 11.1. The Bertz CT molecular complexity index is 693. The van der Waals surface area contributed by atoms with E-state index in [2.05, 4.69) is 20.8 Å². The third kappa shape index (κ3) is 3.73. The molecule has 1 aliphatic heterocycles. The van der Waals surface area contributed by atoms with Crippen LogP contribution >= 0.6 is 0 Å². The summed E-state index contributed by atoms with van der Waals surface area (Å²) in [5.74, 6) is -0.0264. The zero-order valence-electron chi connectivity index (χ0n) is 12.9. The number of carbonyl (C=O) groups excluding carboxylic acids is 1. The Kier molecular flexibility index (Phi) is 4.66. The van der Waals surface area contributed by atoms with Crippen molar-refractivity contribution in [1.29, 1.82) is 0 Å². The summed E-state index contributed by atoms with van der Waals surface area (Å²) in [6, 6.07) is 4.30. The van der Waals surface area contributed by atoms with Crippen LogP contribution in [0.15, 0.2) is 22.7 Å². The van der Waals surface area contributed by atoms with Gasteiger partial charge in [0.2, 0.25) is 5.91 Å². The molecule has 1 amide bonds. The molecule has 7 heteroatoms. The third-order valence-corrected chi connectivity index (χ3v) is 3.83. The Hall–Kier alpha value is -2.28. The first kappa shape index (κ1) is 15.6. The van der Waals surface area contributed by atoms with Crippen LogP contribution < -0.4 is 10.6 Å². The van der Waals surface area contributed by atoms with Crippen molar-refractivity contribution in [2.45, 2.75) is 38.6 Å². The fraction of sp³-hybridized carbons (Fsp3) is 0.438. The van der Waals surface area contributed by atoms with E-state index in [0.717, 1.165) is 25.8 Å². The second kappa shape index (κ2) is 6.87. The molecule has 1 aromatic heterocycles. The lowest BCUT2D eigenvalue weighted by atomic mass is 10.1. The van der Waals surface area contributed by atoms with Crippen LogP contribution in [0.4, 0.5) is 10.1 Å². The molecular weight excluding hydrogens is 299 g/mol. The minimum Gasteiger partial charge on any atom is -0.334 e. The molecule has 2 heterocycles. The van der Waals surface area contributed by atoms with E-state index in [1.165, 1.54) is 31.5 Å². The van der Waals surface area contributed by atoms with Gasteiger partial charge in [-0.25, -0.2) is 4.39 Å². The van der Waals surface area contributed by atoms with Crippen LogP contribution in [0.3, 0.4) is 0 Å². The highest BCUT2D eigenvalue weighted by atomic mass is 19.1. The van der Waals surface area contributed by atoms with E-state index in [1.807, 2.05) is 0 Å². The third-order valence-electron chi connectivity index (χ3n) is 3.83. The minimum absolute atomic E-state index is 0.0385. The zero-order chi connectivity index (χ0) is 16.2. The van der Waals surface area contributed by atoms with E-state index >= 15 is 0 Å². The topological polar surface area (TPSA) is 80.0 Å². The number of nitrogens with one attached hydrogen (secondary N) is 2. The van der Waals surface area contributed by atoms with Gasteiger partial charge in [0.25, 0.3) is 5.89 Å². The van der Waals surface area contributed by atoms with Crippen LogP contribution in [0.1, 0.15) is 44.5 Å². The lowest BCUT2D eigenvalue weighted by Crippen LogP contribution is -2.21. The summed E-state index contributed by atoms with van der Waals surface area (Å²) in [4.78, 5) is 15.5. The number of aromatic nitrogens is 2. The van der Waals surface area contributed by atoms with Gasteiger partial charge in [0, 0.05) is 12.6 Å². The number of anilines is 1. The van der Waals surface area contributed by atoms with Crippen molar-refractivity contribution in [2.24, 2.45) is 0 Å². The zero-order valence-corrected chi connectivity index (χ0v) is 12.9. The van der Waals surface area contributed by atoms with Gasteiger partial charge in [-0.15, -0.1) is 0 Å². The van der Waals surface area contributed by atoms with Crippen LogP contribution in [0.5, 0.6) is 0 Å². The molecular formula is C16H19FN4O2. The normalized spacial score (nSPS) is 18.4. The standard InChI is InChI=1S/C16H19FN4O2/c1-10(22)19-11-6-7-13(17)12(9-11)16-20-15(21-23-16)14-5-3-2-4-8-18-14/h6-7,9,14,18H,2-5,8H2,1H3,(H,19,22)/t14-/m0/s1. The summed E-state index contributed by atoms with van der Waals surface area (Å²) >= 11 is 0.